The number of aromatic nitrogens is 3. The van der Waals surface area contributed by atoms with Crippen LogP contribution in [-0.4, -0.2) is 26.3 Å². The summed E-state index contributed by atoms with van der Waals surface area (Å²) in [5.74, 6) is -0.234. The number of nitrogens with two attached hydrogens (primary N) is 1. The van der Waals surface area contributed by atoms with Crippen LogP contribution >= 0.6 is 0 Å². The number of imidazole rings is 1. The van der Waals surface area contributed by atoms with E-state index in [4.69, 9.17) is 10.5 Å². The summed E-state index contributed by atoms with van der Waals surface area (Å²) in [6.07, 6.45) is 7.15. The van der Waals surface area contributed by atoms with Gasteiger partial charge in [0.05, 0.1) is 5.56 Å². The molecule has 2 amide bonds. The van der Waals surface area contributed by atoms with E-state index in [0.717, 1.165) is 12.8 Å². The molecule has 0 atom stereocenters. The standard InChI is InChI=1S/C19H17N5O3/c20-16(25)13-4-1-2-6-15(13)27-18-14(5-3-9-21-18)17(26)23-19-22-10-11-24(19)12-7-8-12/h1-6,9-12H,7-8H2,(H2,20,25)(H,22,23,26). The molecule has 0 unspecified atom stereocenters. The van der Waals surface area contributed by atoms with E-state index in [2.05, 4.69) is 15.3 Å². The van der Waals surface area contributed by atoms with Gasteiger partial charge in [0, 0.05) is 24.6 Å². The zero-order valence-corrected chi connectivity index (χ0v) is 14.3. The van der Waals surface area contributed by atoms with E-state index in [1.54, 1.807) is 42.6 Å². The molecule has 2 heterocycles. The Hall–Kier alpha value is -3.68. The van der Waals surface area contributed by atoms with Crippen molar-refractivity contribution in [2.45, 2.75) is 18.9 Å². The molecule has 8 nitrogen and oxygen atoms in total. The van der Waals surface area contributed by atoms with Gasteiger partial charge in [-0.15, -0.1) is 0 Å². The number of para-hydroxylation sites is 1. The molecule has 1 aliphatic carbocycles. The second-order valence-electron chi connectivity index (χ2n) is 6.16. The minimum atomic E-state index is -0.626. The van der Waals surface area contributed by atoms with E-state index in [0.29, 0.717) is 12.0 Å². The maximum absolute atomic E-state index is 12.8. The fourth-order valence-electron chi connectivity index (χ4n) is 2.73. The van der Waals surface area contributed by atoms with E-state index in [1.807, 2.05) is 10.8 Å². The van der Waals surface area contributed by atoms with Crippen LogP contribution in [0.25, 0.3) is 0 Å². The number of amides is 2. The van der Waals surface area contributed by atoms with Crippen LogP contribution in [0.2, 0.25) is 0 Å². The highest BCUT2D eigenvalue weighted by molar-refractivity contribution is 6.05. The Bertz CT molecular complexity index is 1010. The topological polar surface area (TPSA) is 112 Å². The number of primary amides is 1. The number of carbonyl (C=O) groups is 2. The maximum atomic E-state index is 12.8. The second-order valence-corrected chi connectivity index (χ2v) is 6.16. The summed E-state index contributed by atoms with van der Waals surface area (Å²) < 4.78 is 7.67. The number of rotatable bonds is 6. The lowest BCUT2D eigenvalue weighted by molar-refractivity contribution is 0.0997. The van der Waals surface area contributed by atoms with Gasteiger partial charge in [0.15, 0.2) is 0 Å². The minimum absolute atomic E-state index is 0.0771. The molecular formula is C19H17N5O3. The van der Waals surface area contributed by atoms with E-state index in [-0.39, 0.29) is 22.8 Å². The van der Waals surface area contributed by atoms with Gasteiger partial charge < -0.3 is 15.0 Å². The number of carbonyl (C=O) groups excluding carboxylic acids is 2. The number of pyridine rings is 1. The summed E-state index contributed by atoms with van der Waals surface area (Å²) in [4.78, 5) is 32.7. The summed E-state index contributed by atoms with van der Waals surface area (Å²) in [6, 6.07) is 10.1. The normalized spacial score (nSPS) is 13.2. The zero-order valence-electron chi connectivity index (χ0n) is 14.3. The average Bonchev–Trinajstić information content (AvgIpc) is 3.41. The van der Waals surface area contributed by atoms with Crippen LogP contribution in [0.5, 0.6) is 11.6 Å². The number of benzene rings is 1. The van der Waals surface area contributed by atoms with Crippen LogP contribution in [-0.2, 0) is 0 Å². The van der Waals surface area contributed by atoms with Crippen LogP contribution in [0.4, 0.5) is 5.95 Å². The number of nitrogens with zero attached hydrogens (tertiary/aromatic N) is 3. The lowest BCUT2D eigenvalue weighted by Crippen LogP contribution is -2.17. The van der Waals surface area contributed by atoms with Gasteiger partial charge in [0.2, 0.25) is 11.8 Å². The molecule has 1 aromatic carbocycles. The van der Waals surface area contributed by atoms with Crippen LogP contribution in [0, 0.1) is 0 Å². The van der Waals surface area contributed by atoms with Crippen molar-refractivity contribution >= 4 is 17.8 Å². The number of hydrogen-bond donors (Lipinski definition) is 2. The summed E-state index contributed by atoms with van der Waals surface area (Å²) in [5, 5.41) is 2.79. The molecule has 3 N–H and O–H groups in total. The third-order valence-corrected chi connectivity index (χ3v) is 4.21. The molecule has 8 heteroatoms. The lowest BCUT2D eigenvalue weighted by Gasteiger charge is -2.12. The van der Waals surface area contributed by atoms with Crippen molar-refractivity contribution in [3.8, 4) is 11.6 Å². The van der Waals surface area contributed by atoms with E-state index in [1.165, 1.54) is 6.20 Å². The average molecular weight is 363 g/mol. The highest BCUT2D eigenvalue weighted by Crippen LogP contribution is 2.37. The van der Waals surface area contributed by atoms with E-state index < -0.39 is 11.8 Å². The molecule has 0 aliphatic heterocycles. The maximum Gasteiger partial charge on any atom is 0.263 e. The quantitative estimate of drug-likeness (QED) is 0.699. The third kappa shape index (κ3) is 3.50. The SMILES string of the molecule is NC(=O)c1ccccc1Oc1ncccc1C(=O)Nc1nccn1C1CC1. The third-order valence-electron chi connectivity index (χ3n) is 4.21. The van der Waals surface area contributed by atoms with E-state index >= 15 is 0 Å². The van der Waals surface area contributed by atoms with Crippen molar-refractivity contribution in [2.24, 2.45) is 5.73 Å². The van der Waals surface area contributed by atoms with Crippen molar-refractivity contribution in [2.75, 3.05) is 5.32 Å². The Morgan fingerprint density at radius 1 is 1.07 bits per heavy atom. The fraction of sp³-hybridized carbons (Fsp3) is 0.158. The Kier molecular flexibility index (Phi) is 4.29. The predicted octanol–water partition coefficient (Wildman–Crippen LogP) is 2.76. The highest BCUT2D eigenvalue weighted by atomic mass is 16.5. The van der Waals surface area contributed by atoms with Crippen LogP contribution in [0.3, 0.4) is 0 Å². The van der Waals surface area contributed by atoms with Crippen molar-refractivity contribution < 1.29 is 14.3 Å². The van der Waals surface area contributed by atoms with Gasteiger partial charge >= 0.3 is 0 Å². The number of ether oxygens (including phenoxy) is 1. The molecule has 1 fully saturated rings. The minimum Gasteiger partial charge on any atom is -0.437 e. The first-order valence-electron chi connectivity index (χ1n) is 8.49. The van der Waals surface area contributed by atoms with Crippen LogP contribution in [0.1, 0.15) is 39.6 Å². The fourth-order valence-corrected chi connectivity index (χ4v) is 2.73. The number of nitrogens with one attached hydrogen (secondary N) is 1. The molecule has 0 radical (unpaired) electrons. The van der Waals surface area contributed by atoms with Crippen LogP contribution < -0.4 is 15.8 Å². The summed E-state index contributed by atoms with van der Waals surface area (Å²) in [7, 11) is 0. The highest BCUT2D eigenvalue weighted by Gasteiger charge is 2.26. The molecular weight excluding hydrogens is 346 g/mol. The second kappa shape index (κ2) is 6.91. The first-order chi connectivity index (χ1) is 13.1. The molecule has 3 aromatic rings. The van der Waals surface area contributed by atoms with Gasteiger partial charge in [0.25, 0.3) is 11.8 Å². The smallest absolute Gasteiger partial charge is 0.263 e. The summed E-state index contributed by atoms with van der Waals surface area (Å²) >= 11 is 0. The number of anilines is 1. The molecule has 136 valence electrons. The summed E-state index contributed by atoms with van der Waals surface area (Å²) in [6.45, 7) is 0. The molecule has 27 heavy (non-hydrogen) atoms. The van der Waals surface area contributed by atoms with Crippen molar-refractivity contribution in [1.29, 1.82) is 0 Å². The van der Waals surface area contributed by atoms with Gasteiger partial charge in [-0.1, -0.05) is 12.1 Å². The summed E-state index contributed by atoms with van der Waals surface area (Å²) in [5.41, 5.74) is 5.81. The molecule has 4 rings (SSSR count). The van der Waals surface area contributed by atoms with Gasteiger partial charge in [-0.25, -0.2) is 9.97 Å². The molecule has 2 aromatic heterocycles. The van der Waals surface area contributed by atoms with Crippen molar-refractivity contribution in [3.05, 3.63) is 66.1 Å². The molecule has 0 spiro atoms. The molecule has 1 aliphatic rings. The van der Waals surface area contributed by atoms with E-state index in [9.17, 15) is 9.59 Å². The number of hydrogen-bond acceptors (Lipinski definition) is 5. The largest absolute Gasteiger partial charge is 0.437 e. The van der Waals surface area contributed by atoms with Gasteiger partial charge in [-0.3, -0.25) is 14.9 Å². The Labute approximate surface area is 155 Å². The lowest BCUT2D eigenvalue weighted by atomic mass is 10.2. The van der Waals surface area contributed by atoms with Crippen molar-refractivity contribution in [3.63, 3.8) is 0 Å². The van der Waals surface area contributed by atoms with Gasteiger partial charge in [-0.2, -0.15) is 0 Å². The Morgan fingerprint density at radius 3 is 2.63 bits per heavy atom. The zero-order chi connectivity index (χ0) is 18.8. The van der Waals surface area contributed by atoms with Crippen LogP contribution in [0.15, 0.2) is 55.0 Å². The first-order valence-corrected chi connectivity index (χ1v) is 8.49. The van der Waals surface area contributed by atoms with Gasteiger partial charge in [0.1, 0.15) is 11.3 Å². The predicted molar refractivity (Wildman–Crippen MR) is 97.7 cm³/mol. The Balaban J connectivity index is 1.60. The van der Waals surface area contributed by atoms with Crippen molar-refractivity contribution in [1.82, 2.24) is 14.5 Å². The molecule has 1 saturated carbocycles. The first kappa shape index (κ1) is 16.8. The Morgan fingerprint density at radius 2 is 1.85 bits per heavy atom. The molecule has 0 saturated heterocycles. The van der Waals surface area contributed by atoms with Gasteiger partial charge in [-0.05, 0) is 37.1 Å². The monoisotopic (exact) mass is 363 g/mol. The molecule has 0 bridgehead atoms.